The van der Waals surface area contributed by atoms with Crippen LogP contribution in [-0.2, 0) is 14.3 Å². The molecule has 0 amide bonds. The Bertz CT molecular complexity index is 62.7. The van der Waals surface area contributed by atoms with E-state index in [0.717, 1.165) is 13.0 Å². The van der Waals surface area contributed by atoms with E-state index in [2.05, 4.69) is 11.8 Å². The van der Waals surface area contributed by atoms with Crippen LogP contribution in [0.3, 0.4) is 0 Å². The van der Waals surface area contributed by atoms with Crippen molar-refractivity contribution >= 4 is 0 Å². The van der Waals surface area contributed by atoms with Crippen LogP contribution >= 0.6 is 0 Å². The monoisotopic (exact) mass is 163 g/mol. The molecule has 0 heterocycles. The predicted octanol–water partition coefficient (Wildman–Crippen LogP) is 0.320. The minimum Gasteiger partial charge on any atom is -0.379 e. The third kappa shape index (κ3) is 9.84. The second-order valence-electron chi connectivity index (χ2n) is 2.10. The van der Waals surface area contributed by atoms with Gasteiger partial charge in [-0.15, -0.1) is 0 Å². The zero-order valence-electron chi connectivity index (χ0n) is 7.04. The van der Waals surface area contributed by atoms with Crippen molar-refractivity contribution in [3.63, 3.8) is 0 Å². The fraction of sp³-hybridized carbons (Fsp3) is 1.00. The standard InChI is InChI=1S/C7H17NO3/c1-2-3-9-4-5-10-6-7-11-8/h2-8H2,1H3. The van der Waals surface area contributed by atoms with Crippen molar-refractivity contribution in [1.82, 2.24) is 0 Å². The van der Waals surface area contributed by atoms with Crippen molar-refractivity contribution in [3.05, 3.63) is 0 Å². The SMILES string of the molecule is CCCOCCOCCON. The average Bonchev–Trinajstić information content (AvgIpc) is 2.03. The van der Waals surface area contributed by atoms with Gasteiger partial charge >= 0.3 is 0 Å². The molecule has 68 valence electrons. The highest BCUT2D eigenvalue weighted by molar-refractivity contribution is 4.31. The topological polar surface area (TPSA) is 53.7 Å². The molecule has 0 aromatic carbocycles. The Morgan fingerprint density at radius 1 is 0.909 bits per heavy atom. The van der Waals surface area contributed by atoms with E-state index >= 15 is 0 Å². The summed E-state index contributed by atoms with van der Waals surface area (Å²) in [7, 11) is 0. The van der Waals surface area contributed by atoms with E-state index in [0.29, 0.717) is 26.4 Å². The first-order chi connectivity index (χ1) is 5.41. The molecule has 0 aliphatic rings. The molecule has 0 aliphatic carbocycles. The van der Waals surface area contributed by atoms with Crippen molar-refractivity contribution in [1.29, 1.82) is 0 Å². The first kappa shape index (κ1) is 10.8. The first-order valence-electron chi connectivity index (χ1n) is 3.89. The van der Waals surface area contributed by atoms with Crippen LogP contribution in [0.25, 0.3) is 0 Å². The molecule has 0 unspecified atom stereocenters. The largest absolute Gasteiger partial charge is 0.379 e. The van der Waals surface area contributed by atoms with Crippen LogP contribution in [0.1, 0.15) is 13.3 Å². The van der Waals surface area contributed by atoms with Crippen LogP contribution in [0.2, 0.25) is 0 Å². The second-order valence-corrected chi connectivity index (χ2v) is 2.10. The molecule has 0 atom stereocenters. The molecule has 0 spiro atoms. The molecule has 2 N–H and O–H groups in total. The Morgan fingerprint density at radius 3 is 2.00 bits per heavy atom. The summed E-state index contributed by atoms with van der Waals surface area (Å²) in [5, 5.41) is 0. The van der Waals surface area contributed by atoms with Gasteiger partial charge < -0.3 is 14.3 Å². The average molecular weight is 163 g/mol. The van der Waals surface area contributed by atoms with Crippen molar-refractivity contribution in [2.24, 2.45) is 5.90 Å². The van der Waals surface area contributed by atoms with Gasteiger partial charge in [0, 0.05) is 6.61 Å². The molecule has 0 saturated carbocycles. The molecule has 0 aromatic rings. The van der Waals surface area contributed by atoms with E-state index in [1.165, 1.54) is 0 Å². The van der Waals surface area contributed by atoms with Gasteiger partial charge in [-0.2, -0.15) is 0 Å². The van der Waals surface area contributed by atoms with E-state index in [1.54, 1.807) is 0 Å². The van der Waals surface area contributed by atoms with Crippen LogP contribution in [0, 0.1) is 0 Å². The van der Waals surface area contributed by atoms with E-state index in [4.69, 9.17) is 15.4 Å². The van der Waals surface area contributed by atoms with Crippen LogP contribution in [0.5, 0.6) is 0 Å². The van der Waals surface area contributed by atoms with Gasteiger partial charge in [0.1, 0.15) is 0 Å². The minimum atomic E-state index is 0.438. The molecule has 4 nitrogen and oxygen atoms in total. The zero-order valence-corrected chi connectivity index (χ0v) is 7.04. The number of hydrogen-bond acceptors (Lipinski definition) is 4. The lowest BCUT2D eigenvalue weighted by atomic mass is 10.5. The first-order valence-corrected chi connectivity index (χ1v) is 3.89. The number of ether oxygens (including phenoxy) is 2. The van der Waals surface area contributed by atoms with Gasteiger partial charge in [0.15, 0.2) is 0 Å². The van der Waals surface area contributed by atoms with Gasteiger partial charge in [0.25, 0.3) is 0 Å². The summed E-state index contributed by atoms with van der Waals surface area (Å²) < 4.78 is 10.3. The summed E-state index contributed by atoms with van der Waals surface area (Å²) in [5.74, 6) is 4.78. The molecule has 0 aliphatic heterocycles. The number of hydrogen-bond donors (Lipinski definition) is 1. The zero-order chi connectivity index (χ0) is 8.36. The van der Waals surface area contributed by atoms with E-state index < -0.39 is 0 Å². The van der Waals surface area contributed by atoms with E-state index in [-0.39, 0.29) is 0 Å². The van der Waals surface area contributed by atoms with E-state index in [1.807, 2.05) is 0 Å². The normalized spacial score (nSPS) is 10.4. The summed E-state index contributed by atoms with van der Waals surface area (Å²) in [6, 6.07) is 0. The second kappa shape index (κ2) is 9.84. The summed E-state index contributed by atoms with van der Waals surface area (Å²) in [5.41, 5.74) is 0. The quantitative estimate of drug-likeness (QED) is 0.413. The van der Waals surface area contributed by atoms with Crippen molar-refractivity contribution in [3.8, 4) is 0 Å². The molecule has 0 rings (SSSR count). The van der Waals surface area contributed by atoms with Crippen molar-refractivity contribution in [2.45, 2.75) is 13.3 Å². The molecule has 0 fully saturated rings. The lowest BCUT2D eigenvalue weighted by molar-refractivity contribution is 0.0144. The molecule has 0 aromatic heterocycles. The highest BCUT2D eigenvalue weighted by Crippen LogP contribution is 1.81. The summed E-state index contributed by atoms with van der Waals surface area (Å²) in [6.07, 6.45) is 1.05. The Labute approximate surface area is 67.6 Å². The Morgan fingerprint density at radius 2 is 1.45 bits per heavy atom. The fourth-order valence-electron chi connectivity index (χ4n) is 0.573. The maximum Gasteiger partial charge on any atom is 0.0913 e. The lowest BCUT2D eigenvalue weighted by Gasteiger charge is -2.03. The number of rotatable bonds is 8. The van der Waals surface area contributed by atoms with Crippen LogP contribution < -0.4 is 5.90 Å². The maximum atomic E-state index is 5.17. The van der Waals surface area contributed by atoms with Gasteiger partial charge in [-0.3, -0.25) is 0 Å². The minimum absolute atomic E-state index is 0.438. The predicted molar refractivity (Wildman–Crippen MR) is 42.1 cm³/mol. The van der Waals surface area contributed by atoms with Gasteiger partial charge in [-0.25, -0.2) is 5.90 Å². The Balaban J connectivity index is 2.69. The van der Waals surface area contributed by atoms with Gasteiger partial charge in [0.2, 0.25) is 0 Å². The molecule has 4 heteroatoms. The molecular formula is C7H17NO3. The van der Waals surface area contributed by atoms with Gasteiger partial charge in [0.05, 0.1) is 26.4 Å². The fourth-order valence-corrected chi connectivity index (χ4v) is 0.573. The molecule has 0 bridgehead atoms. The van der Waals surface area contributed by atoms with Crippen molar-refractivity contribution in [2.75, 3.05) is 33.0 Å². The van der Waals surface area contributed by atoms with Gasteiger partial charge in [-0.05, 0) is 6.42 Å². The Hall–Kier alpha value is -0.160. The van der Waals surface area contributed by atoms with Crippen LogP contribution in [0.4, 0.5) is 0 Å². The third-order valence-electron chi connectivity index (χ3n) is 1.07. The third-order valence-corrected chi connectivity index (χ3v) is 1.07. The molecule has 11 heavy (non-hydrogen) atoms. The molecule has 0 radical (unpaired) electrons. The lowest BCUT2D eigenvalue weighted by Crippen LogP contribution is -2.11. The van der Waals surface area contributed by atoms with Crippen LogP contribution in [0.15, 0.2) is 0 Å². The smallest absolute Gasteiger partial charge is 0.0913 e. The van der Waals surface area contributed by atoms with E-state index in [9.17, 15) is 0 Å². The van der Waals surface area contributed by atoms with Gasteiger partial charge in [-0.1, -0.05) is 6.92 Å². The summed E-state index contributed by atoms with van der Waals surface area (Å²) in [4.78, 5) is 4.30. The summed E-state index contributed by atoms with van der Waals surface area (Å²) >= 11 is 0. The maximum absolute atomic E-state index is 5.17. The highest BCUT2D eigenvalue weighted by Gasteiger charge is 1.87. The van der Waals surface area contributed by atoms with Crippen molar-refractivity contribution < 1.29 is 14.3 Å². The molecule has 0 saturated heterocycles. The summed E-state index contributed by atoms with van der Waals surface area (Å²) in [6.45, 7) is 5.11. The van der Waals surface area contributed by atoms with Crippen LogP contribution in [-0.4, -0.2) is 33.0 Å². The Kier molecular flexibility index (Phi) is 9.70. The molecular weight excluding hydrogens is 146 g/mol. The number of nitrogens with two attached hydrogens (primary N) is 1. The highest BCUT2D eigenvalue weighted by atomic mass is 16.6.